The Morgan fingerprint density at radius 2 is 1.90 bits per heavy atom. The molecule has 2 rings (SSSR count). The number of hydrogen-bond acceptors (Lipinski definition) is 4. The molecule has 0 atom stereocenters. The molecule has 0 aliphatic carbocycles. The highest BCUT2D eigenvalue weighted by Gasteiger charge is 2.14. The Balaban J connectivity index is 2.42. The molecule has 0 spiro atoms. The lowest BCUT2D eigenvalue weighted by Gasteiger charge is -2.12. The molecule has 0 amide bonds. The van der Waals surface area contributed by atoms with Crippen molar-refractivity contribution in [3.8, 4) is 0 Å². The maximum absolute atomic E-state index is 13.1. The number of benzene rings is 2. The lowest BCUT2D eigenvalue weighted by molar-refractivity contribution is 0.598. The molecule has 0 aromatic heterocycles. The number of primary sulfonamides is 1. The second-order valence-corrected chi connectivity index (χ2v) is 6.40. The first-order valence-corrected chi connectivity index (χ1v) is 7.76. The quantitative estimate of drug-likeness (QED) is 0.733. The maximum Gasteiger partial charge on any atom is 0.240 e. The number of nitrogens with one attached hydrogen (secondary N) is 1. The normalized spacial score (nSPS) is 11.3. The van der Waals surface area contributed by atoms with Gasteiger partial charge in [0.2, 0.25) is 10.0 Å². The van der Waals surface area contributed by atoms with E-state index in [1.165, 1.54) is 30.3 Å². The third-order valence-electron chi connectivity index (χ3n) is 2.57. The summed E-state index contributed by atoms with van der Waals surface area (Å²) < 4.78 is 36.2. The van der Waals surface area contributed by atoms with Gasteiger partial charge in [-0.1, -0.05) is 6.07 Å². The molecule has 0 saturated heterocycles. The summed E-state index contributed by atoms with van der Waals surface area (Å²) >= 11 is 3.06. The van der Waals surface area contributed by atoms with Crippen molar-refractivity contribution in [2.24, 2.45) is 5.14 Å². The number of sulfonamides is 1. The van der Waals surface area contributed by atoms with Crippen molar-refractivity contribution < 1.29 is 12.8 Å². The Morgan fingerprint density at radius 1 is 1.20 bits per heavy atom. The van der Waals surface area contributed by atoms with E-state index in [9.17, 15) is 12.8 Å². The van der Waals surface area contributed by atoms with Crippen LogP contribution in [0.5, 0.6) is 0 Å². The van der Waals surface area contributed by atoms with Crippen molar-refractivity contribution in [2.75, 3.05) is 11.1 Å². The molecule has 0 unspecified atom stereocenters. The van der Waals surface area contributed by atoms with Crippen LogP contribution in [-0.4, -0.2) is 8.42 Å². The van der Waals surface area contributed by atoms with Gasteiger partial charge in [0.05, 0.1) is 15.8 Å². The predicted molar refractivity (Wildman–Crippen MR) is 79.6 cm³/mol. The number of hydrogen-bond donors (Lipinski definition) is 3. The van der Waals surface area contributed by atoms with Crippen molar-refractivity contribution in [2.45, 2.75) is 4.90 Å². The zero-order chi connectivity index (χ0) is 14.9. The number of rotatable bonds is 3. The van der Waals surface area contributed by atoms with Gasteiger partial charge in [-0.15, -0.1) is 0 Å². The molecule has 20 heavy (non-hydrogen) atoms. The molecule has 0 aliphatic rings. The Bertz CT molecular complexity index is 765. The number of para-hydroxylation sites is 1. The number of halogens is 2. The molecule has 0 bridgehead atoms. The van der Waals surface area contributed by atoms with Crippen LogP contribution in [-0.2, 0) is 10.0 Å². The van der Waals surface area contributed by atoms with Gasteiger partial charge < -0.3 is 11.1 Å². The molecule has 0 fully saturated rings. The summed E-state index contributed by atoms with van der Waals surface area (Å²) in [5.41, 5.74) is 6.71. The summed E-state index contributed by atoms with van der Waals surface area (Å²) in [7, 11) is -3.90. The van der Waals surface area contributed by atoms with Gasteiger partial charge in [0.1, 0.15) is 10.7 Å². The van der Waals surface area contributed by atoms with Crippen molar-refractivity contribution >= 4 is 43.0 Å². The lowest BCUT2D eigenvalue weighted by Crippen LogP contribution is -2.15. The van der Waals surface area contributed by atoms with Crippen LogP contribution in [0.15, 0.2) is 45.8 Å². The van der Waals surface area contributed by atoms with Gasteiger partial charge >= 0.3 is 0 Å². The molecule has 0 radical (unpaired) electrons. The van der Waals surface area contributed by atoms with E-state index in [1.807, 2.05) is 0 Å². The fourth-order valence-corrected chi connectivity index (χ4v) is 2.69. The molecular weight excluding hydrogens is 349 g/mol. The van der Waals surface area contributed by atoms with Crippen LogP contribution in [0.3, 0.4) is 0 Å². The van der Waals surface area contributed by atoms with Crippen LogP contribution in [0, 0.1) is 5.82 Å². The zero-order valence-corrected chi connectivity index (χ0v) is 12.5. The third kappa shape index (κ3) is 3.09. The standard InChI is InChI=1S/C12H11BrFN3O2S/c13-8-6-7(4-5-9(8)14)17-10-2-1-3-11(12(10)15)20(16,18)19/h1-6,17H,15H2,(H2,16,18,19). The topological polar surface area (TPSA) is 98.2 Å². The van der Waals surface area contributed by atoms with Crippen LogP contribution in [0.1, 0.15) is 0 Å². The summed E-state index contributed by atoms with van der Waals surface area (Å²) in [6.07, 6.45) is 0. The molecule has 0 heterocycles. The van der Waals surface area contributed by atoms with Gasteiger partial charge in [0.15, 0.2) is 0 Å². The average molecular weight is 360 g/mol. The molecule has 0 aliphatic heterocycles. The summed E-state index contributed by atoms with van der Waals surface area (Å²) in [5.74, 6) is -0.401. The molecule has 5 nitrogen and oxygen atoms in total. The zero-order valence-electron chi connectivity index (χ0n) is 10.1. The van der Waals surface area contributed by atoms with Crippen molar-refractivity contribution in [3.05, 3.63) is 46.7 Å². The third-order valence-corrected chi connectivity index (χ3v) is 4.15. The lowest BCUT2D eigenvalue weighted by atomic mass is 10.2. The summed E-state index contributed by atoms with van der Waals surface area (Å²) in [4.78, 5) is -0.163. The molecule has 2 aromatic carbocycles. The summed E-state index contributed by atoms with van der Waals surface area (Å²) in [6, 6.07) is 8.71. The Hall–Kier alpha value is -1.64. The van der Waals surface area contributed by atoms with E-state index in [0.717, 1.165) is 0 Å². The van der Waals surface area contributed by atoms with Crippen molar-refractivity contribution in [3.63, 3.8) is 0 Å². The number of nitrogen functional groups attached to an aromatic ring is 1. The first kappa shape index (κ1) is 14.8. The highest BCUT2D eigenvalue weighted by Crippen LogP contribution is 2.30. The fraction of sp³-hybridized carbons (Fsp3) is 0. The van der Waals surface area contributed by atoms with Gasteiger partial charge in [-0.05, 0) is 46.3 Å². The van der Waals surface area contributed by atoms with Gasteiger partial charge in [0.25, 0.3) is 0 Å². The van der Waals surface area contributed by atoms with Crippen LogP contribution in [0.4, 0.5) is 21.5 Å². The van der Waals surface area contributed by atoms with E-state index >= 15 is 0 Å². The summed E-state index contributed by atoms with van der Waals surface area (Å²) in [5, 5.41) is 7.98. The molecule has 2 aromatic rings. The highest BCUT2D eigenvalue weighted by atomic mass is 79.9. The van der Waals surface area contributed by atoms with E-state index in [2.05, 4.69) is 21.2 Å². The Labute approximate surface area is 124 Å². The van der Waals surface area contributed by atoms with E-state index in [4.69, 9.17) is 10.9 Å². The first-order valence-electron chi connectivity index (χ1n) is 5.42. The highest BCUT2D eigenvalue weighted by molar-refractivity contribution is 9.10. The molecular formula is C12H11BrFN3O2S. The number of anilines is 3. The van der Waals surface area contributed by atoms with Crippen LogP contribution in [0.2, 0.25) is 0 Å². The molecule has 106 valence electrons. The van der Waals surface area contributed by atoms with Gasteiger partial charge in [-0.2, -0.15) is 0 Å². The minimum atomic E-state index is -3.90. The van der Waals surface area contributed by atoms with Gasteiger partial charge in [-0.3, -0.25) is 0 Å². The van der Waals surface area contributed by atoms with E-state index in [1.54, 1.807) is 6.07 Å². The van der Waals surface area contributed by atoms with Gasteiger partial charge in [0, 0.05) is 5.69 Å². The second kappa shape index (κ2) is 5.39. The second-order valence-electron chi connectivity index (χ2n) is 4.02. The number of nitrogens with two attached hydrogens (primary N) is 2. The Morgan fingerprint density at radius 3 is 2.50 bits per heavy atom. The van der Waals surface area contributed by atoms with Crippen LogP contribution in [0.25, 0.3) is 0 Å². The smallest absolute Gasteiger partial charge is 0.240 e. The monoisotopic (exact) mass is 359 g/mol. The molecule has 0 saturated carbocycles. The average Bonchev–Trinajstić information content (AvgIpc) is 2.35. The predicted octanol–water partition coefficient (Wildman–Crippen LogP) is 2.56. The summed E-state index contributed by atoms with van der Waals surface area (Å²) in [6.45, 7) is 0. The minimum Gasteiger partial charge on any atom is -0.396 e. The van der Waals surface area contributed by atoms with E-state index in [0.29, 0.717) is 11.4 Å². The van der Waals surface area contributed by atoms with Crippen LogP contribution >= 0.6 is 15.9 Å². The van der Waals surface area contributed by atoms with Gasteiger partial charge in [-0.25, -0.2) is 17.9 Å². The first-order chi connectivity index (χ1) is 9.29. The molecule has 5 N–H and O–H groups in total. The largest absolute Gasteiger partial charge is 0.396 e. The minimum absolute atomic E-state index is 0.00967. The van der Waals surface area contributed by atoms with E-state index < -0.39 is 15.8 Å². The Kier molecular flexibility index (Phi) is 3.98. The SMILES string of the molecule is Nc1c(Nc2ccc(F)c(Br)c2)cccc1S(N)(=O)=O. The maximum atomic E-state index is 13.1. The van der Waals surface area contributed by atoms with E-state index in [-0.39, 0.29) is 15.1 Å². The van der Waals surface area contributed by atoms with Crippen LogP contribution < -0.4 is 16.2 Å². The fourth-order valence-electron chi connectivity index (χ4n) is 1.63. The van der Waals surface area contributed by atoms with Crippen molar-refractivity contribution in [1.29, 1.82) is 0 Å². The van der Waals surface area contributed by atoms with Crippen molar-refractivity contribution in [1.82, 2.24) is 0 Å². The molecule has 8 heteroatoms.